The number of rotatable bonds is 2. The number of anilines is 2. The summed E-state index contributed by atoms with van der Waals surface area (Å²) < 4.78 is 4.18. The maximum atomic E-state index is 12.0. The number of aromatic nitrogens is 1. The Bertz CT molecular complexity index is 503. The number of fused-ring (bicyclic) bond motifs is 1. The Labute approximate surface area is 123 Å². The molecule has 0 aromatic carbocycles. The lowest BCUT2D eigenvalue weighted by Crippen LogP contribution is -2.37. The predicted molar refractivity (Wildman–Crippen MR) is 81.3 cm³/mol. The highest BCUT2D eigenvalue weighted by atomic mass is 32.1. The summed E-state index contributed by atoms with van der Waals surface area (Å²) in [6, 6.07) is 0.610. The number of hydrogen-bond donors (Lipinski definition) is 2. The van der Waals surface area contributed by atoms with Crippen LogP contribution in [0, 0.1) is 0 Å². The van der Waals surface area contributed by atoms with E-state index in [2.05, 4.69) is 19.5 Å². The van der Waals surface area contributed by atoms with Crippen LogP contribution in [-0.2, 0) is 0 Å². The Morgan fingerprint density at radius 2 is 2.20 bits per heavy atom. The first-order chi connectivity index (χ1) is 9.70. The smallest absolute Gasteiger partial charge is 0.257 e. The summed E-state index contributed by atoms with van der Waals surface area (Å²) in [7, 11) is 1.63. The molecule has 7 heteroatoms. The number of nitrogens with one attached hydrogen (secondary N) is 1. The van der Waals surface area contributed by atoms with Crippen LogP contribution in [0.2, 0.25) is 0 Å². The van der Waals surface area contributed by atoms with Gasteiger partial charge in [-0.15, -0.1) is 0 Å². The molecule has 0 bridgehead atoms. The lowest BCUT2D eigenvalue weighted by atomic mass is 10.2. The van der Waals surface area contributed by atoms with Crippen molar-refractivity contribution in [3.05, 3.63) is 5.56 Å². The van der Waals surface area contributed by atoms with Gasteiger partial charge in [0, 0.05) is 32.7 Å². The fourth-order valence-electron chi connectivity index (χ4n) is 3.24. The largest absolute Gasteiger partial charge is 0.382 e. The van der Waals surface area contributed by atoms with Crippen molar-refractivity contribution in [1.82, 2.24) is 14.6 Å². The summed E-state index contributed by atoms with van der Waals surface area (Å²) >= 11 is 1.34. The third-order valence-corrected chi connectivity index (χ3v) is 5.17. The lowest BCUT2D eigenvalue weighted by Gasteiger charge is -2.26. The van der Waals surface area contributed by atoms with Gasteiger partial charge in [-0.25, -0.2) is 0 Å². The number of nitrogens with zero attached hydrogens (tertiary/aromatic N) is 3. The second-order valence-corrected chi connectivity index (χ2v) is 6.21. The highest BCUT2D eigenvalue weighted by Gasteiger charge is 2.31. The third-order valence-electron chi connectivity index (χ3n) is 4.25. The molecule has 2 saturated heterocycles. The topological polar surface area (TPSA) is 74.5 Å². The number of amides is 1. The Balaban J connectivity index is 1.86. The van der Waals surface area contributed by atoms with Gasteiger partial charge in [-0.2, -0.15) is 4.37 Å². The lowest BCUT2D eigenvalue weighted by molar-refractivity contribution is 0.0964. The number of carbonyl (C=O) groups excluding carboxylic acids is 1. The number of nitrogens with two attached hydrogens (primary N) is 1. The molecule has 1 atom stereocenters. The highest BCUT2D eigenvalue weighted by molar-refractivity contribution is 7.11. The third kappa shape index (κ3) is 2.35. The van der Waals surface area contributed by atoms with Crippen molar-refractivity contribution in [3.63, 3.8) is 0 Å². The van der Waals surface area contributed by atoms with E-state index in [9.17, 15) is 4.79 Å². The van der Waals surface area contributed by atoms with E-state index in [-0.39, 0.29) is 5.91 Å². The van der Waals surface area contributed by atoms with Crippen LogP contribution in [0.4, 0.5) is 10.8 Å². The monoisotopic (exact) mass is 295 g/mol. The van der Waals surface area contributed by atoms with Crippen LogP contribution in [0.15, 0.2) is 0 Å². The zero-order valence-electron chi connectivity index (χ0n) is 11.8. The summed E-state index contributed by atoms with van der Waals surface area (Å²) in [4.78, 5) is 16.9. The molecule has 0 saturated carbocycles. The molecule has 20 heavy (non-hydrogen) atoms. The van der Waals surface area contributed by atoms with Gasteiger partial charge in [0.25, 0.3) is 5.91 Å². The molecular weight excluding hydrogens is 274 g/mol. The van der Waals surface area contributed by atoms with Gasteiger partial charge in [0.05, 0.1) is 0 Å². The molecule has 0 spiro atoms. The van der Waals surface area contributed by atoms with Crippen LogP contribution in [-0.4, -0.2) is 54.4 Å². The summed E-state index contributed by atoms with van der Waals surface area (Å²) in [5.41, 5.74) is 6.42. The first-order valence-electron chi connectivity index (χ1n) is 7.17. The van der Waals surface area contributed by atoms with Crippen molar-refractivity contribution in [2.75, 3.05) is 43.9 Å². The molecule has 3 N–H and O–H groups in total. The average Bonchev–Trinajstić information content (AvgIpc) is 2.99. The van der Waals surface area contributed by atoms with Crippen molar-refractivity contribution in [2.24, 2.45) is 0 Å². The molecule has 0 radical (unpaired) electrons. The minimum Gasteiger partial charge on any atom is -0.382 e. The van der Waals surface area contributed by atoms with Crippen LogP contribution in [0.3, 0.4) is 0 Å². The molecule has 2 fully saturated rings. The first-order valence-corrected chi connectivity index (χ1v) is 7.94. The fourth-order valence-corrected chi connectivity index (χ4v) is 4.08. The van der Waals surface area contributed by atoms with Gasteiger partial charge < -0.3 is 16.0 Å². The zero-order chi connectivity index (χ0) is 14.1. The van der Waals surface area contributed by atoms with E-state index in [4.69, 9.17) is 5.73 Å². The molecule has 1 unspecified atom stereocenters. The Kier molecular flexibility index (Phi) is 3.80. The minimum atomic E-state index is -0.140. The molecule has 1 amide bonds. The molecule has 0 aliphatic carbocycles. The number of carbonyl (C=O) groups is 1. The number of nitrogen functional groups attached to an aromatic ring is 1. The summed E-state index contributed by atoms with van der Waals surface area (Å²) in [6.07, 6.45) is 3.66. The summed E-state index contributed by atoms with van der Waals surface area (Å²) in [5.74, 6) is 0.204. The normalized spacial score (nSPS) is 23.4. The van der Waals surface area contributed by atoms with Gasteiger partial charge in [0.2, 0.25) is 0 Å². The van der Waals surface area contributed by atoms with E-state index in [0.717, 1.165) is 31.1 Å². The molecule has 1 aromatic heterocycles. The maximum Gasteiger partial charge on any atom is 0.257 e. The van der Waals surface area contributed by atoms with Gasteiger partial charge in [0.15, 0.2) is 5.82 Å². The molecule has 2 aliphatic heterocycles. The standard InChI is InChI=1S/C13H21N5OS/c1-15-12(19)10-11(14)16-20-13(10)18-7-3-6-17-5-2-4-9(17)8-18/h9H,2-8H2,1H3,(H2,14,16)(H,15,19). The Hall–Kier alpha value is -1.34. The molecule has 6 nitrogen and oxygen atoms in total. The molecule has 3 heterocycles. The summed E-state index contributed by atoms with van der Waals surface area (Å²) in [6.45, 7) is 4.32. The molecule has 110 valence electrons. The van der Waals surface area contributed by atoms with Gasteiger partial charge >= 0.3 is 0 Å². The van der Waals surface area contributed by atoms with Crippen molar-refractivity contribution in [3.8, 4) is 0 Å². The maximum absolute atomic E-state index is 12.0. The van der Waals surface area contributed by atoms with Gasteiger partial charge in [-0.1, -0.05) is 0 Å². The molecule has 2 aliphatic rings. The van der Waals surface area contributed by atoms with Crippen molar-refractivity contribution >= 4 is 28.3 Å². The Morgan fingerprint density at radius 1 is 1.40 bits per heavy atom. The van der Waals surface area contributed by atoms with Gasteiger partial charge in [-0.05, 0) is 37.3 Å². The molecule has 1 aromatic rings. The quantitative estimate of drug-likeness (QED) is 0.842. The van der Waals surface area contributed by atoms with E-state index in [1.165, 1.54) is 30.9 Å². The molecular formula is C13H21N5OS. The van der Waals surface area contributed by atoms with E-state index in [1.54, 1.807) is 7.05 Å². The van der Waals surface area contributed by atoms with E-state index >= 15 is 0 Å². The van der Waals surface area contributed by atoms with Crippen molar-refractivity contribution < 1.29 is 4.79 Å². The average molecular weight is 295 g/mol. The Morgan fingerprint density at radius 3 is 3.00 bits per heavy atom. The summed E-state index contributed by atoms with van der Waals surface area (Å²) in [5, 5.41) is 3.59. The van der Waals surface area contributed by atoms with E-state index in [1.807, 2.05) is 0 Å². The van der Waals surface area contributed by atoms with Gasteiger partial charge in [-0.3, -0.25) is 9.69 Å². The van der Waals surface area contributed by atoms with E-state index < -0.39 is 0 Å². The second kappa shape index (κ2) is 5.57. The highest BCUT2D eigenvalue weighted by Crippen LogP contribution is 2.33. The van der Waals surface area contributed by atoms with Crippen LogP contribution >= 0.6 is 11.5 Å². The minimum absolute atomic E-state index is 0.140. The van der Waals surface area contributed by atoms with E-state index in [0.29, 0.717) is 17.4 Å². The van der Waals surface area contributed by atoms with Crippen molar-refractivity contribution in [1.29, 1.82) is 0 Å². The fraction of sp³-hybridized carbons (Fsp3) is 0.692. The van der Waals surface area contributed by atoms with Crippen LogP contribution in [0.5, 0.6) is 0 Å². The van der Waals surface area contributed by atoms with Crippen LogP contribution in [0.1, 0.15) is 29.6 Å². The second-order valence-electron chi connectivity index (χ2n) is 5.46. The van der Waals surface area contributed by atoms with Crippen LogP contribution in [0.25, 0.3) is 0 Å². The first kappa shape index (κ1) is 13.6. The predicted octanol–water partition coefficient (Wildman–Crippen LogP) is 0.759. The van der Waals surface area contributed by atoms with Gasteiger partial charge in [0.1, 0.15) is 10.6 Å². The van der Waals surface area contributed by atoms with Crippen molar-refractivity contribution in [2.45, 2.75) is 25.3 Å². The molecule has 3 rings (SSSR count). The van der Waals surface area contributed by atoms with Crippen LogP contribution < -0.4 is 16.0 Å². The number of hydrogen-bond acceptors (Lipinski definition) is 6. The zero-order valence-corrected chi connectivity index (χ0v) is 12.6. The SMILES string of the molecule is CNC(=O)c1c(N)nsc1N1CCCN2CCCC2C1.